The molecule has 1 amide bonds. The average Bonchev–Trinajstić information content (AvgIpc) is 2.79. The minimum Gasteiger partial charge on any atom is -0.496 e. The number of aromatic nitrogens is 1. The molecule has 0 saturated carbocycles. The zero-order valence-electron chi connectivity index (χ0n) is 17.2. The van der Waals surface area contributed by atoms with Crippen LogP contribution in [-0.4, -0.2) is 18.0 Å². The van der Waals surface area contributed by atoms with E-state index in [1.54, 1.807) is 31.4 Å². The molecule has 5 nitrogen and oxygen atoms in total. The molecule has 0 atom stereocenters. The van der Waals surface area contributed by atoms with Crippen molar-refractivity contribution >= 4 is 45.6 Å². The Morgan fingerprint density at radius 1 is 0.970 bits per heavy atom. The molecule has 2 N–H and O–H groups in total. The van der Waals surface area contributed by atoms with E-state index in [-0.39, 0.29) is 5.56 Å². The van der Waals surface area contributed by atoms with Gasteiger partial charge in [-0.05, 0) is 66.7 Å². The summed E-state index contributed by atoms with van der Waals surface area (Å²) in [5.41, 5.74) is 0.699. The molecule has 0 spiro atoms. The SMILES string of the molecule is COc1cccc2nc(Nc3ccc(NC(=O)c4ccc(Cl)c(C(F)(F)F)c4)cc3)ccc12. The number of hydrogen-bond acceptors (Lipinski definition) is 4. The molecular formula is C24H17ClF3N3O2. The van der Waals surface area contributed by atoms with Crippen LogP contribution in [0.2, 0.25) is 5.02 Å². The smallest absolute Gasteiger partial charge is 0.417 e. The van der Waals surface area contributed by atoms with Crippen LogP contribution < -0.4 is 15.4 Å². The number of carbonyl (C=O) groups is 1. The average molecular weight is 472 g/mol. The zero-order valence-corrected chi connectivity index (χ0v) is 18.0. The molecule has 4 rings (SSSR count). The highest BCUT2D eigenvalue weighted by Crippen LogP contribution is 2.35. The van der Waals surface area contributed by atoms with Crippen LogP contribution in [0.25, 0.3) is 10.9 Å². The Hall–Kier alpha value is -3.78. The van der Waals surface area contributed by atoms with E-state index >= 15 is 0 Å². The number of amides is 1. The molecule has 0 aliphatic carbocycles. The Kier molecular flexibility index (Phi) is 6.11. The Morgan fingerprint density at radius 2 is 1.70 bits per heavy atom. The van der Waals surface area contributed by atoms with Crippen molar-refractivity contribution in [2.45, 2.75) is 6.18 Å². The number of nitrogens with one attached hydrogen (secondary N) is 2. The monoisotopic (exact) mass is 471 g/mol. The van der Waals surface area contributed by atoms with E-state index < -0.39 is 22.7 Å². The number of ether oxygens (including phenoxy) is 1. The molecule has 0 radical (unpaired) electrons. The van der Waals surface area contributed by atoms with Gasteiger partial charge in [-0.2, -0.15) is 13.2 Å². The summed E-state index contributed by atoms with van der Waals surface area (Å²) in [5, 5.41) is 6.18. The summed E-state index contributed by atoms with van der Waals surface area (Å²) in [6.45, 7) is 0. The summed E-state index contributed by atoms with van der Waals surface area (Å²) in [4.78, 5) is 17.0. The van der Waals surface area contributed by atoms with E-state index in [9.17, 15) is 18.0 Å². The maximum absolute atomic E-state index is 13.0. The lowest BCUT2D eigenvalue weighted by molar-refractivity contribution is -0.137. The number of anilines is 3. The molecule has 1 heterocycles. The molecule has 0 saturated heterocycles. The van der Waals surface area contributed by atoms with Crippen molar-refractivity contribution in [3.8, 4) is 5.75 Å². The Balaban J connectivity index is 1.47. The van der Waals surface area contributed by atoms with Gasteiger partial charge < -0.3 is 15.4 Å². The van der Waals surface area contributed by atoms with Crippen molar-refractivity contribution < 1.29 is 22.7 Å². The highest BCUT2D eigenvalue weighted by atomic mass is 35.5. The fourth-order valence-corrected chi connectivity index (χ4v) is 3.47. The van der Waals surface area contributed by atoms with Gasteiger partial charge in [0.1, 0.15) is 11.6 Å². The molecule has 1 aromatic heterocycles. The number of carbonyl (C=O) groups excluding carboxylic acids is 1. The van der Waals surface area contributed by atoms with Crippen molar-refractivity contribution in [1.29, 1.82) is 0 Å². The van der Waals surface area contributed by atoms with Gasteiger partial charge in [0.2, 0.25) is 0 Å². The number of nitrogens with zero attached hydrogens (tertiary/aromatic N) is 1. The zero-order chi connectivity index (χ0) is 23.6. The summed E-state index contributed by atoms with van der Waals surface area (Å²) >= 11 is 5.61. The summed E-state index contributed by atoms with van der Waals surface area (Å²) in [7, 11) is 1.60. The van der Waals surface area contributed by atoms with E-state index in [1.807, 2.05) is 30.3 Å². The maximum Gasteiger partial charge on any atom is 0.417 e. The third-order valence-electron chi connectivity index (χ3n) is 4.86. The van der Waals surface area contributed by atoms with E-state index in [0.29, 0.717) is 17.2 Å². The summed E-state index contributed by atoms with van der Waals surface area (Å²) in [6.07, 6.45) is -4.65. The van der Waals surface area contributed by atoms with Crippen molar-refractivity contribution in [1.82, 2.24) is 4.98 Å². The maximum atomic E-state index is 13.0. The first-order valence-electron chi connectivity index (χ1n) is 9.73. The molecular weight excluding hydrogens is 455 g/mol. The summed E-state index contributed by atoms with van der Waals surface area (Å²) in [5.74, 6) is 0.672. The van der Waals surface area contributed by atoms with Crippen molar-refractivity contribution in [2.24, 2.45) is 0 Å². The third kappa shape index (κ3) is 5.01. The molecule has 0 unspecified atom stereocenters. The predicted octanol–water partition coefficient (Wildman–Crippen LogP) is 6.91. The number of methoxy groups -OCH3 is 1. The predicted molar refractivity (Wildman–Crippen MR) is 122 cm³/mol. The minimum absolute atomic E-state index is 0.148. The van der Waals surface area contributed by atoms with Crippen LogP contribution in [0.4, 0.5) is 30.4 Å². The van der Waals surface area contributed by atoms with Crippen LogP contribution >= 0.6 is 11.6 Å². The van der Waals surface area contributed by atoms with Gasteiger partial charge in [-0.25, -0.2) is 4.98 Å². The van der Waals surface area contributed by atoms with E-state index in [0.717, 1.165) is 28.8 Å². The van der Waals surface area contributed by atoms with Crippen LogP contribution in [0.1, 0.15) is 15.9 Å². The quantitative estimate of drug-likeness (QED) is 0.332. The number of rotatable bonds is 5. The Morgan fingerprint density at radius 3 is 2.39 bits per heavy atom. The normalized spacial score (nSPS) is 11.3. The van der Waals surface area contributed by atoms with Crippen LogP contribution in [-0.2, 0) is 6.18 Å². The van der Waals surface area contributed by atoms with Crippen LogP contribution in [0.5, 0.6) is 5.75 Å². The Labute approximate surface area is 192 Å². The molecule has 3 aromatic carbocycles. The lowest BCUT2D eigenvalue weighted by atomic mass is 10.1. The van der Waals surface area contributed by atoms with Crippen molar-refractivity contribution in [3.63, 3.8) is 0 Å². The highest BCUT2D eigenvalue weighted by Gasteiger charge is 2.33. The highest BCUT2D eigenvalue weighted by molar-refractivity contribution is 6.31. The number of benzene rings is 3. The molecule has 9 heteroatoms. The fraction of sp³-hybridized carbons (Fsp3) is 0.0833. The first-order chi connectivity index (χ1) is 15.7. The third-order valence-corrected chi connectivity index (χ3v) is 5.19. The molecule has 0 aliphatic heterocycles. The van der Waals surface area contributed by atoms with Crippen molar-refractivity contribution in [2.75, 3.05) is 17.7 Å². The van der Waals surface area contributed by atoms with Crippen LogP contribution in [0.15, 0.2) is 72.8 Å². The van der Waals surface area contributed by atoms with Gasteiger partial charge in [0, 0.05) is 22.3 Å². The summed E-state index contributed by atoms with van der Waals surface area (Å²) < 4.78 is 44.4. The fourth-order valence-electron chi connectivity index (χ4n) is 3.25. The molecule has 4 aromatic rings. The van der Waals surface area contributed by atoms with Gasteiger partial charge in [-0.1, -0.05) is 17.7 Å². The largest absolute Gasteiger partial charge is 0.496 e. The van der Waals surface area contributed by atoms with Gasteiger partial charge in [0.05, 0.1) is 23.2 Å². The standard InChI is InChI=1S/C24H17ClF3N3O2/c1-33-21-4-2-3-20-17(21)10-12-22(31-20)29-15-6-8-16(9-7-15)30-23(32)14-5-11-19(25)18(13-14)24(26,27)28/h2-13H,1H3,(H,29,31)(H,30,32). The number of halogens is 4. The van der Waals surface area contributed by atoms with E-state index in [1.165, 1.54) is 6.07 Å². The number of fused-ring (bicyclic) bond motifs is 1. The molecule has 168 valence electrons. The second-order valence-electron chi connectivity index (χ2n) is 7.07. The van der Waals surface area contributed by atoms with E-state index in [2.05, 4.69) is 15.6 Å². The molecule has 0 bridgehead atoms. The molecule has 33 heavy (non-hydrogen) atoms. The first kappa shape index (κ1) is 22.4. The number of pyridine rings is 1. The number of alkyl halides is 3. The first-order valence-corrected chi connectivity index (χ1v) is 10.1. The van der Waals surface area contributed by atoms with Gasteiger partial charge >= 0.3 is 6.18 Å². The van der Waals surface area contributed by atoms with Gasteiger partial charge in [0.25, 0.3) is 5.91 Å². The second-order valence-corrected chi connectivity index (χ2v) is 7.48. The minimum atomic E-state index is -4.65. The Bertz CT molecular complexity index is 1330. The summed E-state index contributed by atoms with van der Waals surface area (Å²) in [6, 6.07) is 19.0. The molecule has 0 aliphatic rings. The van der Waals surface area contributed by atoms with Gasteiger partial charge in [-0.15, -0.1) is 0 Å². The topological polar surface area (TPSA) is 63.2 Å². The second kappa shape index (κ2) is 8.99. The van der Waals surface area contributed by atoms with Crippen LogP contribution in [0, 0.1) is 0 Å². The van der Waals surface area contributed by atoms with Gasteiger partial charge in [-0.3, -0.25) is 4.79 Å². The van der Waals surface area contributed by atoms with Gasteiger partial charge in [0.15, 0.2) is 0 Å². The van der Waals surface area contributed by atoms with E-state index in [4.69, 9.17) is 16.3 Å². The van der Waals surface area contributed by atoms with Crippen LogP contribution in [0.3, 0.4) is 0 Å². The lowest BCUT2D eigenvalue weighted by Gasteiger charge is -2.12. The van der Waals surface area contributed by atoms with Crippen molar-refractivity contribution in [3.05, 3.63) is 88.9 Å². The number of hydrogen-bond donors (Lipinski definition) is 2. The lowest BCUT2D eigenvalue weighted by Crippen LogP contribution is -2.14. The molecule has 0 fully saturated rings.